The highest BCUT2D eigenvalue weighted by molar-refractivity contribution is 6.09. The van der Waals surface area contributed by atoms with E-state index in [0.717, 1.165) is 12.1 Å². The van der Waals surface area contributed by atoms with E-state index in [1.807, 2.05) is 0 Å². The number of benzene rings is 1. The minimum atomic E-state index is -1.57. The summed E-state index contributed by atoms with van der Waals surface area (Å²) in [6.07, 6.45) is 0. The van der Waals surface area contributed by atoms with E-state index in [1.165, 1.54) is 0 Å². The van der Waals surface area contributed by atoms with E-state index < -0.39 is 46.1 Å². The summed E-state index contributed by atoms with van der Waals surface area (Å²) >= 11 is 0. The van der Waals surface area contributed by atoms with Crippen molar-refractivity contribution in [1.29, 1.82) is 0 Å². The average molecular weight is 398 g/mol. The van der Waals surface area contributed by atoms with Crippen molar-refractivity contribution in [2.24, 2.45) is 0 Å². The lowest BCUT2D eigenvalue weighted by Crippen LogP contribution is -2.20. The Balaban J connectivity index is 3.22. The Morgan fingerprint density at radius 1 is 0.679 bits per heavy atom. The van der Waals surface area contributed by atoms with Crippen molar-refractivity contribution in [2.75, 3.05) is 39.6 Å². The van der Waals surface area contributed by atoms with E-state index in [0.29, 0.717) is 13.2 Å². The molecule has 1 aromatic rings. The highest BCUT2D eigenvalue weighted by Gasteiger charge is 2.27. The van der Waals surface area contributed by atoms with Crippen LogP contribution in [0.1, 0.15) is 55.3 Å². The number of carbonyl (C=O) groups is 4. The van der Waals surface area contributed by atoms with Crippen LogP contribution in [0.3, 0.4) is 0 Å². The second-order valence-electron chi connectivity index (χ2n) is 5.22. The Hall–Kier alpha value is -2.98. The van der Waals surface area contributed by atoms with Crippen LogP contribution in [0.5, 0.6) is 0 Å². The molecular weight excluding hydrogens is 376 g/mol. The molecule has 0 aliphatic heterocycles. The zero-order chi connectivity index (χ0) is 21.1. The third kappa shape index (κ3) is 6.63. The number of hydrogen-bond acceptors (Lipinski definition) is 8. The van der Waals surface area contributed by atoms with Crippen molar-refractivity contribution in [2.45, 2.75) is 13.8 Å². The highest BCUT2D eigenvalue weighted by Crippen LogP contribution is 2.20. The second-order valence-corrected chi connectivity index (χ2v) is 5.22. The second kappa shape index (κ2) is 11.7. The van der Waals surface area contributed by atoms with E-state index in [2.05, 4.69) is 0 Å². The molecule has 28 heavy (non-hydrogen) atoms. The number of carboxylic acids is 2. The van der Waals surface area contributed by atoms with Crippen molar-refractivity contribution in [1.82, 2.24) is 0 Å². The van der Waals surface area contributed by atoms with Gasteiger partial charge in [0.05, 0.1) is 35.5 Å². The molecule has 10 heteroatoms. The summed E-state index contributed by atoms with van der Waals surface area (Å²) in [7, 11) is 0. The van der Waals surface area contributed by atoms with Gasteiger partial charge in [-0.25, -0.2) is 19.2 Å². The molecule has 0 aliphatic carbocycles. The predicted molar refractivity (Wildman–Crippen MR) is 93.9 cm³/mol. The first-order chi connectivity index (χ1) is 13.3. The molecule has 0 fully saturated rings. The molecule has 0 radical (unpaired) electrons. The number of hydrogen-bond donors (Lipinski definition) is 2. The van der Waals surface area contributed by atoms with Gasteiger partial charge in [0.2, 0.25) is 0 Å². The summed E-state index contributed by atoms with van der Waals surface area (Å²) in [6, 6.07) is 1.57. The van der Waals surface area contributed by atoms with Crippen LogP contribution in [0.4, 0.5) is 0 Å². The number of carbonyl (C=O) groups excluding carboxylic acids is 2. The van der Waals surface area contributed by atoms with Gasteiger partial charge in [-0.3, -0.25) is 0 Å². The van der Waals surface area contributed by atoms with Crippen LogP contribution < -0.4 is 0 Å². The summed E-state index contributed by atoms with van der Waals surface area (Å²) in [5.74, 6) is -5.15. The summed E-state index contributed by atoms with van der Waals surface area (Å²) in [5.41, 5.74) is -2.15. The van der Waals surface area contributed by atoms with Crippen LogP contribution >= 0.6 is 0 Å². The van der Waals surface area contributed by atoms with Crippen LogP contribution in [0, 0.1) is 0 Å². The first kappa shape index (κ1) is 23.1. The van der Waals surface area contributed by atoms with Gasteiger partial charge in [0.1, 0.15) is 13.2 Å². The van der Waals surface area contributed by atoms with Gasteiger partial charge in [-0.05, 0) is 26.0 Å². The van der Waals surface area contributed by atoms with Crippen molar-refractivity contribution in [3.05, 3.63) is 34.4 Å². The Morgan fingerprint density at radius 3 is 1.32 bits per heavy atom. The molecule has 0 unspecified atom stereocenters. The first-order valence-corrected chi connectivity index (χ1v) is 8.47. The first-order valence-electron chi connectivity index (χ1n) is 8.47. The van der Waals surface area contributed by atoms with E-state index >= 15 is 0 Å². The fourth-order valence-electron chi connectivity index (χ4n) is 2.12. The Labute approximate surface area is 160 Å². The van der Waals surface area contributed by atoms with Crippen LogP contribution in [0.15, 0.2) is 12.1 Å². The Bertz CT molecular complexity index is 664. The van der Waals surface area contributed by atoms with Gasteiger partial charge in [-0.15, -0.1) is 0 Å². The van der Waals surface area contributed by atoms with Crippen LogP contribution in [-0.2, 0) is 18.9 Å². The molecule has 1 rings (SSSR count). The van der Waals surface area contributed by atoms with Crippen molar-refractivity contribution in [3.63, 3.8) is 0 Å². The topological polar surface area (TPSA) is 146 Å². The highest BCUT2D eigenvalue weighted by atomic mass is 16.6. The molecule has 0 amide bonds. The maximum Gasteiger partial charge on any atom is 0.339 e. The fourth-order valence-corrected chi connectivity index (χ4v) is 2.12. The SMILES string of the molecule is CCOCCOC(=O)c1cc(C(=O)O)c(C(=O)O)cc1C(=O)OCCOCC. The van der Waals surface area contributed by atoms with Crippen LogP contribution in [0.25, 0.3) is 0 Å². The molecule has 1 aromatic carbocycles. The molecule has 0 spiro atoms. The fraction of sp³-hybridized carbons (Fsp3) is 0.444. The largest absolute Gasteiger partial charge is 0.478 e. The molecule has 0 bridgehead atoms. The predicted octanol–water partition coefficient (Wildman–Crippen LogP) is 1.47. The van der Waals surface area contributed by atoms with Crippen molar-refractivity contribution in [3.8, 4) is 0 Å². The monoisotopic (exact) mass is 398 g/mol. The molecule has 0 saturated carbocycles. The van der Waals surface area contributed by atoms with E-state index in [-0.39, 0.29) is 26.4 Å². The van der Waals surface area contributed by atoms with Gasteiger partial charge in [-0.2, -0.15) is 0 Å². The minimum absolute atomic E-state index is 0.107. The minimum Gasteiger partial charge on any atom is -0.478 e. The van der Waals surface area contributed by atoms with Crippen molar-refractivity contribution < 1.29 is 48.3 Å². The molecule has 154 valence electrons. The Morgan fingerprint density at radius 2 is 1.04 bits per heavy atom. The van der Waals surface area contributed by atoms with E-state index in [1.54, 1.807) is 13.8 Å². The normalized spacial score (nSPS) is 10.4. The lowest BCUT2D eigenvalue weighted by atomic mass is 9.98. The molecule has 2 N–H and O–H groups in total. The summed E-state index contributed by atoms with van der Waals surface area (Å²) in [5, 5.41) is 18.5. The maximum atomic E-state index is 12.3. The summed E-state index contributed by atoms with van der Waals surface area (Å²) in [4.78, 5) is 47.3. The van der Waals surface area contributed by atoms with E-state index in [9.17, 15) is 29.4 Å². The summed E-state index contributed by atoms with van der Waals surface area (Å²) in [6.45, 7) is 4.27. The van der Waals surface area contributed by atoms with Crippen LogP contribution in [0.2, 0.25) is 0 Å². The smallest absolute Gasteiger partial charge is 0.339 e. The maximum absolute atomic E-state index is 12.3. The standard InChI is InChI=1S/C18H22O10/c1-3-25-5-7-27-17(23)13-9-11(15(19)20)12(16(21)22)10-14(13)18(24)28-8-6-26-4-2/h9-10H,3-8H2,1-2H3,(H,19,20)(H,21,22). The average Bonchev–Trinajstić information content (AvgIpc) is 2.67. The quantitative estimate of drug-likeness (QED) is 0.392. The van der Waals surface area contributed by atoms with Gasteiger partial charge in [0.15, 0.2) is 0 Å². The lowest BCUT2D eigenvalue weighted by Gasteiger charge is -2.12. The summed E-state index contributed by atoms with van der Waals surface area (Å²) < 4.78 is 20.0. The molecule has 0 heterocycles. The molecule has 0 aromatic heterocycles. The van der Waals surface area contributed by atoms with Gasteiger partial charge >= 0.3 is 23.9 Å². The lowest BCUT2D eigenvalue weighted by molar-refractivity contribution is 0.0295. The molecular formula is C18H22O10. The molecule has 0 saturated heterocycles. The van der Waals surface area contributed by atoms with Gasteiger partial charge < -0.3 is 29.2 Å². The zero-order valence-electron chi connectivity index (χ0n) is 15.6. The Kier molecular flexibility index (Phi) is 9.61. The van der Waals surface area contributed by atoms with E-state index in [4.69, 9.17) is 18.9 Å². The van der Waals surface area contributed by atoms with Gasteiger partial charge in [0, 0.05) is 13.2 Å². The third-order valence-corrected chi connectivity index (χ3v) is 3.39. The van der Waals surface area contributed by atoms with Gasteiger partial charge in [-0.1, -0.05) is 0 Å². The molecule has 10 nitrogen and oxygen atoms in total. The number of carboxylic acid groups (broad SMARTS) is 2. The number of aromatic carboxylic acids is 2. The van der Waals surface area contributed by atoms with Crippen LogP contribution in [-0.4, -0.2) is 73.7 Å². The number of ether oxygens (including phenoxy) is 4. The van der Waals surface area contributed by atoms with Crippen molar-refractivity contribution >= 4 is 23.9 Å². The molecule has 0 aliphatic rings. The number of rotatable bonds is 12. The number of esters is 2. The zero-order valence-corrected chi connectivity index (χ0v) is 15.6. The third-order valence-electron chi connectivity index (χ3n) is 3.39. The molecule has 0 atom stereocenters. The van der Waals surface area contributed by atoms with Gasteiger partial charge in [0.25, 0.3) is 0 Å².